The predicted octanol–water partition coefficient (Wildman–Crippen LogP) is 2.42. The van der Waals surface area contributed by atoms with Crippen molar-refractivity contribution >= 4 is 23.3 Å². The average molecular weight is 270 g/mol. The Labute approximate surface area is 111 Å². The summed E-state index contributed by atoms with van der Waals surface area (Å²) in [6, 6.07) is 1.98. The summed E-state index contributed by atoms with van der Waals surface area (Å²) in [4.78, 5) is 23.4. The lowest BCUT2D eigenvalue weighted by Crippen LogP contribution is -2.28. The van der Waals surface area contributed by atoms with Gasteiger partial charge in [0.05, 0.1) is 13.2 Å². The molecule has 0 spiro atoms. The van der Waals surface area contributed by atoms with Crippen LogP contribution in [0.1, 0.15) is 25.8 Å². The number of esters is 2. The van der Waals surface area contributed by atoms with E-state index in [1.54, 1.807) is 25.2 Å². The third-order valence-corrected chi connectivity index (χ3v) is 3.18. The predicted molar refractivity (Wildman–Crippen MR) is 69.4 cm³/mol. The highest BCUT2D eigenvalue weighted by Gasteiger charge is 2.29. The number of hydrogen-bond donors (Lipinski definition) is 0. The summed E-state index contributed by atoms with van der Waals surface area (Å²) in [6.07, 6.45) is 1.10. The molecule has 0 aliphatic heterocycles. The van der Waals surface area contributed by atoms with Crippen molar-refractivity contribution in [2.45, 2.75) is 26.7 Å². The molecular weight excluding hydrogens is 252 g/mol. The van der Waals surface area contributed by atoms with Crippen LogP contribution in [0.15, 0.2) is 16.8 Å². The Morgan fingerprint density at radius 1 is 1.22 bits per heavy atom. The topological polar surface area (TPSA) is 52.6 Å². The lowest BCUT2D eigenvalue weighted by atomic mass is 10.0. The summed E-state index contributed by atoms with van der Waals surface area (Å²) in [7, 11) is 0. The van der Waals surface area contributed by atoms with Gasteiger partial charge >= 0.3 is 11.9 Å². The van der Waals surface area contributed by atoms with Crippen molar-refractivity contribution in [2.75, 3.05) is 13.2 Å². The Hall–Kier alpha value is -1.36. The zero-order valence-electron chi connectivity index (χ0n) is 10.7. The van der Waals surface area contributed by atoms with Crippen molar-refractivity contribution in [3.05, 3.63) is 22.4 Å². The first-order valence-corrected chi connectivity index (χ1v) is 6.97. The van der Waals surface area contributed by atoms with E-state index in [9.17, 15) is 9.59 Å². The monoisotopic (exact) mass is 270 g/mol. The normalized spacial score (nSPS) is 10.4. The number of thiophene rings is 1. The molecule has 0 saturated heterocycles. The highest BCUT2D eigenvalue weighted by atomic mass is 32.1. The van der Waals surface area contributed by atoms with Crippen molar-refractivity contribution in [2.24, 2.45) is 5.92 Å². The van der Waals surface area contributed by atoms with Gasteiger partial charge < -0.3 is 9.47 Å². The molecule has 0 atom stereocenters. The molecule has 0 aliphatic carbocycles. The molecule has 100 valence electrons. The van der Waals surface area contributed by atoms with Crippen molar-refractivity contribution in [1.82, 2.24) is 0 Å². The van der Waals surface area contributed by atoms with Crippen molar-refractivity contribution in [3.63, 3.8) is 0 Å². The highest BCUT2D eigenvalue weighted by Crippen LogP contribution is 2.15. The molecule has 5 heteroatoms. The van der Waals surface area contributed by atoms with Gasteiger partial charge in [-0.25, -0.2) is 0 Å². The van der Waals surface area contributed by atoms with Crippen LogP contribution in [0.2, 0.25) is 0 Å². The van der Waals surface area contributed by atoms with Crippen LogP contribution in [0.25, 0.3) is 0 Å². The van der Waals surface area contributed by atoms with Crippen LogP contribution in [-0.2, 0) is 25.5 Å². The molecule has 1 heterocycles. The van der Waals surface area contributed by atoms with Crippen LogP contribution < -0.4 is 0 Å². The molecule has 0 amide bonds. The number of hydrogen-bond acceptors (Lipinski definition) is 5. The smallest absolute Gasteiger partial charge is 0.320 e. The second-order valence-corrected chi connectivity index (χ2v) is 4.51. The molecule has 0 unspecified atom stereocenters. The summed E-state index contributed by atoms with van der Waals surface area (Å²) >= 11 is 1.60. The average Bonchev–Trinajstić information content (AvgIpc) is 2.83. The summed E-state index contributed by atoms with van der Waals surface area (Å²) in [5.41, 5.74) is 1.12. The molecule has 1 aromatic heterocycles. The van der Waals surface area contributed by atoms with E-state index in [1.807, 2.05) is 16.8 Å². The van der Waals surface area contributed by atoms with E-state index in [1.165, 1.54) is 0 Å². The summed E-state index contributed by atoms with van der Waals surface area (Å²) in [5, 5.41) is 3.98. The first-order valence-electron chi connectivity index (χ1n) is 6.03. The molecule has 4 nitrogen and oxygen atoms in total. The molecule has 1 aromatic rings. The molecule has 1 rings (SSSR count). The Kier molecular flexibility index (Phi) is 6.43. The second-order valence-electron chi connectivity index (χ2n) is 3.73. The van der Waals surface area contributed by atoms with E-state index in [2.05, 4.69) is 0 Å². The van der Waals surface area contributed by atoms with Gasteiger partial charge in [-0.05, 0) is 49.1 Å². The van der Waals surface area contributed by atoms with Gasteiger partial charge in [0.25, 0.3) is 0 Å². The number of carbonyl (C=O) groups excluding carboxylic acids is 2. The molecular formula is C13H18O4S. The first-order chi connectivity index (χ1) is 8.69. The minimum atomic E-state index is -0.815. The molecule has 0 aliphatic rings. The van der Waals surface area contributed by atoms with Gasteiger partial charge in [-0.15, -0.1) is 0 Å². The Morgan fingerprint density at radius 3 is 2.28 bits per heavy atom. The minimum absolute atomic E-state index is 0.271. The van der Waals surface area contributed by atoms with Gasteiger partial charge in [-0.2, -0.15) is 11.3 Å². The molecule has 0 bridgehead atoms. The molecule has 0 saturated carbocycles. The first kappa shape index (κ1) is 14.7. The van der Waals surface area contributed by atoms with E-state index in [4.69, 9.17) is 9.47 Å². The second kappa shape index (κ2) is 7.87. The fourth-order valence-electron chi connectivity index (χ4n) is 1.56. The maximum atomic E-state index is 11.7. The zero-order chi connectivity index (χ0) is 13.4. The van der Waals surface area contributed by atoms with Gasteiger partial charge in [0.2, 0.25) is 0 Å². The number of rotatable bonds is 7. The molecule has 0 radical (unpaired) electrons. The number of aryl methyl sites for hydroxylation is 1. The fraction of sp³-hybridized carbons (Fsp3) is 0.538. The molecule has 0 aromatic carbocycles. The molecule has 18 heavy (non-hydrogen) atoms. The zero-order valence-corrected chi connectivity index (χ0v) is 11.5. The Bertz CT molecular complexity index is 354. The summed E-state index contributed by atoms with van der Waals surface area (Å²) in [6.45, 7) is 3.98. The van der Waals surface area contributed by atoms with Gasteiger partial charge in [0.15, 0.2) is 5.92 Å². The quantitative estimate of drug-likeness (QED) is 0.564. The Morgan fingerprint density at radius 2 is 1.83 bits per heavy atom. The number of ether oxygens (including phenoxy) is 2. The van der Waals surface area contributed by atoms with E-state index in [0.717, 1.165) is 5.56 Å². The van der Waals surface area contributed by atoms with Gasteiger partial charge in [0.1, 0.15) is 0 Å². The van der Waals surface area contributed by atoms with Crippen LogP contribution in [0.5, 0.6) is 0 Å². The third kappa shape index (κ3) is 4.49. The van der Waals surface area contributed by atoms with Gasteiger partial charge in [0, 0.05) is 0 Å². The lowest BCUT2D eigenvalue weighted by Gasteiger charge is -2.13. The van der Waals surface area contributed by atoms with Crippen LogP contribution in [0.3, 0.4) is 0 Å². The van der Waals surface area contributed by atoms with E-state index in [0.29, 0.717) is 12.8 Å². The van der Waals surface area contributed by atoms with Crippen molar-refractivity contribution in [1.29, 1.82) is 0 Å². The van der Waals surface area contributed by atoms with Crippen LogP contribution in [0.4, 0.5) is 0 Å². The van der Waals surface area contributed by atoms with Crippen LogP contribution in [0, 0.1) is 5.92 Å². The van der Waals surface area contributed by atoms with Gasteiger partial charge in [-0.3, -0.25) is 9.59 Å². The number of carbonyl (C=O) groups is 2. The van der Waals surface area contributed by atoms with E-state index < -0.39 is 17.9 Å². The highest BCUT2D eigenvalue weighted by molar-refractivity contribution is 7.07. The third-order valence-electron chi connectivity index (χ3n) is 2.44. The standard InChI is InChI=1S/C13H18O4S/c1-3-16-12(14)11(13(15)17-4-2)6-5-10-7-8-18-9-10/h7-9,11H,3-6H2,1-2H3. The van der Waals surface area contributed by atoms with E-state index in [-0.39, 0.29) is 13.2 Å². The minimum Gasteiger partial charge on any atom is -0.465 e. The molecule has 0 fully saturated rings. The fourth-order valence-corrected chi connectivity index (χ4v) is 2.27. The lowest BCUT2D eigenvalue weighted by molar-refractivity contribution is -0.161. The maximum absolute atomic E-state index is 11.7. The maximum Gasteiger partial charge on any atom is 0.320 e. The summed E-state index contributed by atoms with van der Waals surface area (Å²) < 4.78 is 9.81. The Balaban J connectivity index is 2.59. The van der Waals surface area contributed by atoms with Crippen molar-refractivity contribution < 1.29 is 19.1 Å². The SMILES string of the molecule is CCOC(=O)C(CCc1ccsc1)C(=O)OCC. The van der Waals surface area contributed by atoms with Crippen LogP contribution >= 0.6 is 11.3 Å². The summed E-state index contributed by atoms with van der Waals surface area (Å²) in [5.74, 6) is -1.80. The molecule has 0 N–H and O–H groups in total. The van der Waals surface area contributed by atoms with E-state index >= 15 is 0 Å². The van der Waals surface area contributed by atoms with Crippen molar-refractivity contribution in [3.8, 4) is 0 Å². The van der Waals surface area contributed by atoms with Crippen LogP contribution in [-0.4, -0.2) is 25.2 Å². The largest absolute Gasteiger partial charge is 0.465 e. The van der Waals surface area contributed by atoms with Gasteiger partial charge in [-0.1, -0.05) is 0 Å².